The number of hydrogen-bond acceptors (Lipinski definition) is 8. The Kier molecular flexibility index (Phi) is 6.64. The highest BCUT2D eigenvalue weighted by Crippen LogP contribution is 2.43. The average Bonchev–Trinajstić information content (AvgIpc) is 3.65. The first-order valence-corrected chi connectivity index (χ1v) is 10.6. The lowest BCUT2D eigenvalue weighted by Crippen LogP contribution is -2.27. The third-order valence-corrected chi connectivity index (χ3v) is 5.45. The molecule has 1 atom stereocenters. The molecule has 0 saturated heterocycles. The highest BCUT2D eigenvalue weighted by Gasteiger charge is 2.39. The van der Waals surface area contributed by atoms with E-state index in [2.05, 4.69) is 15.2 Å². The summed E-state index contributed by atoms with van der Waals surface area (Å²) < 4.78 is 52.0. The second kappa shape index (κ2) is 9.52. The summed E-state index contributed by atoms with van der Waals surface area (Å²) in [4.78, 5) is 16.4. The molecule has 1 N–H and O–H groups in total. The van der Waals surface area contributed by atoms with Gasteiger partial charge in [0.1, 0.15) is 5.75 Å². The van der Waals surface area contributed by atoms with E-state index in [0.29, 0.717) is 5.56 Å². The van der Waals surface area contributed by atoms with Gasteiger partial charge in [0.2, 0.25) is 11.6 Å². The van der Waals surface area contributed by atoms with Crippen molar-refractivity contribution in [2.45, 2.75) is 31.7 Å². The number of aromatic nitrogens is 4. The molecule has 4 rings (SSSR count). The number of hydrogen-bond donors (Lipinski definition) is 1. The number of benzene rings is 1. The van der Waals surface area contributed by atoms with E-state index in [1.165, 1.54) is 25.3 Å². The number of aliphatic hydroxyl groups is 1. The van der Waals surface area contributed by atoms with Gasteiger partial charge in [0.05, 0.1) is 43.4 Å². The first kappa shape index (κ1) is 24.4. The summed E-state index contributed by atoms with van der Waals surface area (Å²) in [6.45, 7) is -0.305. The summed E-state index contributed by atoms with van der Waals surface area (Å²) in [6, 6.07) is 6.88. The van der Waals surface area contributed by atoms with E-state index >= 15 is 0 Å². The number of nitriles is 1. The van der Waals surface area contributed by atoms with Crippen LogP contribution < -0.4 is 15.0 Å². The van der Waals surface area contributed by atoms with Gasteiger partial charge in [0, 0.05) is 10.6 Å². The summed E-state index contributed by atoms with van der Waals surface area (Å²) in [6.07, 6.45) is -3.45. The number of alkyl halides is 3. The predicted octanol–water partition coefficient (Wildman–Crippen LogP) is 3.87. The van der Waals surface area contributed by atoms with Gasteiger partial charge in [-0.05, 0) is 43.0 Å². The molecule has 182 valence electrons. The summed E-state index contributed by atoms with van der Waals surface area (Å²) in [5.74, 6) is -1.17. The predicted molar refractivity (Wildman–Crippen MR) is 115 cm³/mol. The molecule has 1 fully saturated rings. The first-order chi connectivity index (χ1) is 16.6. The zero-order valence-electron chi connectivity index (χ0n) is 18.1. The SMILES string of the molecule is COc1nnc(Cn2cnc(C(F)(F)F)c(Oc3cc(Cl)cc(C#N)c3)c2=O)cc1C(O)C1CC1. The fourth-order valence-corrected chi connectivity index (χ4v) is 3.63. The van der Waals surface area contributed by atoms with Crippen molar-refractivity contribution < 1.29 is 27.8 Å². The first-order valence-electron chi connectivity index (χ1n) is 10.2. The minimum atomic E-state index is -4.99. The molecule has 2 aromatic heterocycles. The molecule has 9 nitrogen and oxygen atoms in total. The topological polar surface area (TPSA) is 123 Å². The second-order valence-electron chi connectivity index (χ2n) is 7.83. The molecular weight excluding hydrogens is 491 g/mol. The Bertz CT molecular complexity index is 1370. The Labute approximate surface area is 201 Å². The quantitative estimate of drug-likeness (QED) is 0.511. The van der Waals surface area contributed by atoms with Crippen molar-refractivity contribution in [3.05, 3.63) is 68.5 Å². The maximum Gasteiger partial charge on any atom is 0.437 e. The highest BCUT2D eigenvalue weighted by molar-refractivity contribution is 6.30. The van der Waals surface area contributed by atoms with Crippen LogP contribution in [0, 0.1) is 17.2 Å². The Morgan fingerprint density at radius 1 is 1.29 bits per heavy atom. The molecule has 0 radical (unpaired) electrons. The molecule has 1 aliphatic carbocycles. The minimum Gasteiger partial charge on any atom is -0.480 e. The molecule has 3 aromatic rings. The molecular formula is C22H17ClF3N5O4. The molecule has 1 aromatic carbocycles. The normalized spacial score (nSPS) is 14.3. The maximum atomic E-state index is 13.6. The molecule has 1 aliphatic rings. The van der Waals surface area contributed by atoms with Crippen LogP contribution in [0.5, 0.6) is 17.4 Å². The minimum absolute atomic E-state index is 0.0283. The van der Waals surface area contributed by atoms with E-state index < -0.39 is 29.3 Å². The van der Waals surface area contributed by atoms with E-state index in [-0.39, 0.29) is 40.4 Å². The van der Waals surface area contributed by atoms with Crippen molar-refractivity contribution in [2.75, 3.05) is 7.11 Å². The van der Waals surface area contributed by atoms with Crippen molar-refractivity contribution >= 4 is 11.6 Å². The number of halogens is 4. The fraction of sp³-hybridized carbons (Fsp3) is 0.318. The third-order valence-electron chi connectivity index (χ3n) is 5.24. The van der Waals surface area contributed by atoms with Crippen molar-refractivity contribution in [1.82, 2.24) is 19.7 Å². The lowest BCUT2D eigenvalue weighted by molar-refractivity contribution is -0.142. The van der Waals surface area contributed by atoms with E-state index in [4.69, 9.17) is 26.3 Å². The molecule has 1 unspecified atom stereocenters. The largest absolute Gasteiger partial charge is 0.480 e. The van der Waals surface area contributed by atoms with Gasteiger partial charge in [-0.25, -0.2) is 4.98 Å². The average molecular weight is 508 g/mol. The lowest BCUT2D eigenvalue weighted by Gasteiger charge is -2.16. The van der Waals surface area contributed by atoms with Gasteiger partial charge in [0.15, 0.2) is 5.69 Å². The van der Waals surface area contributed by atoms with Gasteiger partial charge in [-0.1, -0.05) is 11.6 Å². The van der Waals surface area contributed by atoms with Crippen LogP contribution in [0.15, 0.2) is 35.4 Å². The summed E-state index contributed by atoms with van der Waals surface area (Å²) in [5.41, 5.74) is -2.10. The molecule has 0 spiro atoms. The summed E-state index contributed by atoms with van der Waals surface area (Å²) >= 11 is 5.90. The zero-order valence-corrected chi connectivity index (χ0v) is 18.8. The van der Waals surface area contributed by atoms with Crippen molar-refractivity contribution in [1.29, 1.82) is 5.26 Å². The van der Waals surface area contributed by atoms with E-state index in [9.17, 15) is 23.1 Å². The van der Waals surface area contributed by atoms with E-state index in [1.807, 2.05) is 0 Å². The molecule has 1 saturated carbocycles. The van der Waals surface area contributed by atoms with Gasteiger partial charge in [-0.15, -0.1) is 10.2 Å². The van der Waals surface area contributed by atoms with E-state index in [1.54, 1.807) is 6.07 Å². The highest BCUT2D eigenvalue weighted by atomic mass is 35.5. The fourth-order valence-electron chi connectivity index (χ4n) is 3.41. The maximum absolute atomic E-state index is 13.6. The Morgan fingerprint density at radius 3 is 2.66 bits per heavy atom. The molecule has 0 aliphatic heterocycles. The molecule has 2 heterocycles. The number of rotatable bonds is 7. The standard InChI is InChI=1S/C22H17ClF3N5O4/c1-34-20-16(17(32)12-2-3-12)7-14(29-30-20)9-31-10-28-19(22(24,25)26)18(21(31)33)35-15-5-11(8-27)4-13(23)6-15/h4-7,10,12,17,32H,2-3,9H2,1H3. The third kappa shape index (κ3) is 5.36. The van der Waals surface area contributed by atoms with Crippen LogP contribution in [0.3, 0.4) is 0 Å². The molecule has 0 amide bonds. The Balaban J connectivity index is 1.73. The number of nitrogens with zero attached hydrogens (tertiary/aromatic N) is 5. The van der Waals surface area contributed by atoms with Crippen molar-refractivity contribution in [3.8, 4) is 23.4 Å². The van der Waals surface area contributed by atoms with Crippen LogP contribution in [0.2, 0.25) is 5.02 Å². The zero-order chi connectivity index (χ0) is 25.3. The van der Waals surface area contributed by atoms with Crippen molar-refractivity contribution in [3.63, 3.8) is 0 Å². The van der Waals surface area contributed by atoms with Crippen LogP contribution >= 0.6 is 11.6 Å². The van der Waals surface area contributed by atoms with Crippen LogP contribution in [-0.2, 0) is 12.7 Å². The van der Waals surface area contributed by atoms with Crippen LogP contribution in [-0.4, -0.2) is 32.0 Å². The Hall–Kier alpha value is -3.69. The lowest BCUT2D eigenvalue weighted by atomic mass is 10.1. The number of methoxy groups -OCH3 is 1. The molecule has 13 heteroatoms. The summed E-state index contributed by atoms with van der Waals surface area (Å²) in [5, 5.41) is 27.5. The van der Waals surface area contributed by atoms with E-state index in [0.717, 1.165) is 29.8 Å². The smallest absolute Gasteiger partial charge is 0.437 e. The van der Waals surface area contributed by atoms with Gasteiger partial charge in [0.25, 0.3) is 5.56 Å². The van der Waals surface area contributed by atoms with Gasteiger partial charge in [-0.2, -0.15) is 18.4 Å². The molecule has 0 bridgehead atoms. The van der Waals surface area contributed by atoms with Gasteiger partial charge in [-0.3, -0.25) is 9.36 Å². The second-order valence-corrected chi connectivity index (χ2v) is 8.26. The van der Waals surface area contributed by atoms with Gasteiger partial charge < -0.3 is 14.6 Å². The van der Waals surface area contributed by atoms with Gasteiger partial charge >= 0.3 is 6.18 Å². The molecule has 35 heavy (non-hydrogen) atoms. The van der Waals surface area contributed by atoms with Crippen LogP contribution in [0.25, 0.3) is 0 Å². The van der Waals surface area contributed by atoms with Crippen LogP contribution in [0.1, 0.15) is 41.5 Å². The van der Waals surface area contributed by atoms with Crippen molar-refractivity contribution in [2.24, 2.45) is 5.92 Å². The summed E-state index contributed by atoms with van der Waals surface area (Å²) in [7, 11) is 1.37. The Morgan fingerprint density at radius 2 is 2.03 bits per heavy atom. The number of ether oxygens (including phenoxy) is 2. The number of aliphatic hydroxyl groups excluding tert-OH is 1. The monoisotopic (exact) mass is 507 g/mol. The van der Waals surface area contributed by atoms with Crippen LogP contribution in [0.4, 0.5) is 13.2 Å².